The van der Waals surface area contributed by atoms with Gasteiger partial charge >= 0.3 is 5.97 Å². The second-order valence-corrected chi connectivity index (χ2v) is 5.85. The van der Waals surface area contributed by atoms with Crippen molar-refractivity contribution in [1.82, 2.24) is 5.32 Å². The number of methoxy groups -OCH3 is 1. The Morgan fingerprint density at radius 1 is 1.26 bits per heavy atom. The van der Waals surface area contributed by atoms with Crippen LogP contribution < -0.4 is 5.32 Å². The highest BCUT2D eigenvalue weighted by Crippen LogP contribution is 2.22. The molecule has 0 fully saturated rings. The van der Waals surface area contributed by atoms with Crippen molar-refractivity contribution >= 4 is 23.6 Å². The Labute approximate surface area is 139 Å². The van der Waals surface area contributed by atoms with Crippen molar-refractivity contribution in [3.63, 3.8) is 0 Å². The molecule has 0 saturated carbocycles. The Morgan fingerprint density at radius 2 is 1.96 bits per heavy atom. The smallest absolute Gasteiger partial charge is 0.307 e. The minimum Gasteiger partial charge on any atom is -0.469 e. The van der Waals surface area contributed by atoms with Crippen molar-refractivity contribution in [2.24, 2.45) is 0 Å². The number of hydrogen-bond donors (Lipinski definition) is 1. The normalized spacial score (nSPS) is 11.8. The maximum Gasteiger partial charge on any atom is 0.307 e. The summed E-state index contributed by atoms with van der Waals surface area (Å²) in [6.07, 6.45) is 3.52. The van der Waals surface area contributed by atoms with Gasteiger partial charge in [-0.25, -0.2) is 0 Å². The molecule has 5 nitrogen and oxygen atoms in total. The predicted molar refractivity (Wildman–Crippen MR) is 88.5 cm³/mol. The maximum atomic E-state index is 12.4. The van der Waals surface area contributed by atoms with Crippen molar-refractivity contribution in [3.05, 3.63) is 53.5 Å². The first-order valence-electron chi connectivity index (χ1n) is 7.11. The lowest BCUT2D eigenvalue weighted by Crippen LogP contribution is -2.30. The Kier molecular flexibility index (Phi) is 5.87. The molecule has 6 heteroatoms. The van der Waals surface area contributed by atoms with Gasteiger partial charge in [-0.3, -0.25) is 9.59 Å². The number of amides is 1. The summed E-state index contributed by atoms with van der Waals surface area (Å²) in [6, 6.07) is 8.87. The molecule has 122 valence electrons. The van der Waals surface area contributed by atoms with E-state index < -0.39 is 6.04 Å². The molecular formula is C17H19NO4S. The van der Waals surface area contributed by atoms with E-state index in [9.17, 15) is 9.59 Å². The monoisotopic (exact) mass is 333 g/mol. The number of benzene rings is 1. The maximum absolute atomic E-state index is 12.4. The van der Waals surface area contributed by atoms with Crippen LogP contribution in [0.3, 0.4) is 0 Å². The van der Waals surface area contributed by atoms with Crippen LogP contribution in [0, 0.1) is 6.92 Å². The van der Waals surface area contributed by atoms with Crippen molar-refractivity contribution in [2.75, 3.05) is 13.4 Å². The summed E-state index contributed by atoms with van der Waals surface area (Å²) in [5, 5.41) is 2.87. The summed E-state index contributed by atoms with van der Waals surface area (Å²) >= 11 is 1.63. The van der Waals surface area contributed by atoms with Crippen molar-refractivity contribution in [1.29, 1.82) is 0 Å². The van der Waals surface area contributed by atoms with Gasteiger partial charge in [-0.15, -0.1) is 11.8 Å². The van der Waals surface area contributed by atoms with Crippen LogP contribution in [0.5, 0.6) is 0 Å². The van der Waals surface area contributed by atoms with Crippen LogP contribution in [0.15, 0.2) is 45.9 Å². The molecule has 1 heterocycles. The summed E-state index contributed by atoms with van der Waals surface area (Å²) in [5.41, 5.74) is 1.31. The summed E-state index contributed by atoms with van der Waals surface area (Å²) in [7, 11) is 1.33. The number of carbonyl (C=O) groups excluding carboxylic acids is 2. The zero-order valence-electron chi connectivity index (χ0n) is 13.3. The highest BCUT2D eigenvalue weighted by molar-refractivity contribution is 7.98. The number of nitrogens with one attached hydrogen (secondary N) is 1. The largest absolute Gasteiger partial charge is 0.469 e. The SMILES string of the molecule is COC(=O)C[C@H](NC(=O)c1ccoc1C)c1ccc(SC)cc1. The Balaban J connectivity index is 2.21. The van der Waals surface area contributed by atoms with Crippen LogP contribution in [0.2, 0.25) is 0 Å². The lowest BCUT2D eigenvalue weighted by Gasteiger charge is -2.18. The van der Waals surface area contributed by atoms with E-state index in [1.54, 1.807) is 24.8 Å². The number of rotatable bonds is 6. The second kappa shape index (κ2) is 7.87. The molecule has 0 aliphatic heterocycles. The first kappa shape index (κ1) is 17.1. The van der Waals surface area contributed by atoms with Gasteiger partial charge in [0.1, 0.15) is 5.76 Å². The molecule has 0 unspecified atom stereocenters. The van der Waals surface area contributed by atoms with Gasteiger partial charge in [0.15, 0.2) is 0 Å². The highest BCUT2D eigenvalue weighted by atomic mass is 32.2. The van der Waals surface area contributed by atoms with Crippen LogP contribution in [0.1, 0.15) is 34.1 Å². The van der Waals surface area contributed by atoms with Gasteiger partial charge in [-0.1, -0.05) is 12.1 Å². The first-order valence-corrected chi connectivity index (χ1v) is 8.33. The number of thioether (sulfide) groups is 1. The van der Waals surface area contributed by atoms with Gasteiger partial charge in [0.2, 0.25) is 0 Å². The molecule has 0 spiro atoms. The van der Waals surface area contributed by atoms with E-state index in [1.165, 1.54) is 13.4 Å². The lowest BCUT2D eigenvalue weighted by atomic mass is 10.0. The number of esters is 1. The minimum atomic E-state index is -0.458. The van der Waals surface area contributed by atoms with E-state index in [4.69, 9.17) is 9.15 Å². The van der Waals surface area contributed by atoms with E-state index in [0.717, 1.165) is 10.5 Å². The third kappa shape index (κ3) is 4.39. The third-order valence-electron chi connectivity index (χ3n) is 3.53. The summed E-state index contributed by atoms with van der Waals surface area (Å²) in [4.78, 5) is 25.1. The summed E-state index contributed by atoms with van der Waals surface area (Å²) in [6.45, 7) is 1.72. The van der Waals surface area contributed by atoms with Gasteiger partial charge in [-0.2, -0.15) is 0 Å². The molecule has 2 aromatic rings. The number of ether oxygens (including phenoxy) is 1. The number of hydrogen-bond acceptors (Lipinski definition) is 5. The Morgan fingerprint density at radius 3 is 2.48 bits per heavy atom. The van der Waals surface area contributed by atoms with Gasteiger partial charge < -0.3 is 14.5 Å². The molecule has 0 bridgehead atoms. The molecule has 1 aromatic heterocycles. The van der Waals surface area contributed by atoms with Crippen molar-refractivity contribution in [3.8, 4) is 0 Å². The molecule has 0 saturated heterocycles. The van der Waals surface area contributed by atoms with Crippen LogP contribution in [0.4, 0.5) is 0 Å². The van der Waals surface area contributed by atoms with E-state index in [0.29, 0.717) is 11.3 Å². The molecule has 1 N–H and O–H groups in total. The van der Waals surface area contributed by atoms with Crippen molar-refractivity contribution in [2.45, 2.75) is 24.3 Å². The van der Waals surface area contributed by atoms with Crippen LogP contribution in [-0.2, 0) is 9.53 Å². The number of carbonyl (C=O) groups is 2. The molecule has 1 aromatic carbocycles. The topological polar surface area (TPSA) is 68.5 Å². The van der Waals surface area contributed by atoms with Crippen molar-refractivity contribution < 1.29 is 18.7 Å². The van der Waals surface area contributed by atoms with E-state index in [-0.39, 0.29) is 18.3 Å². The van der Waals surface area contributed by atoms with Crippen LogP contribution >= 0.6 is 11.8 Å². The molecule has 1 amide bonds. The minimum absolute atomic E-state index is 0.0672. The molecule has 23 heavy (non-hydrogen) atoms. The van der Waals surface area contributed by atoms with Gasteiger partial charge in [0.05, 0.1) is 31.4 Å². The van der Waals surface area contributed by atoms with E-state index in [1.807, 2.05) is 30.5 Å². The van der Waals surface area contributed by atoms with Gasteiger partial charge in [-0.05, 0) is 36.9 Å². The molecule has 0 aliphatic rings. The molecule has 0 aliphatic carbocycles. The molecule has 2 rings (SSSR count). The van der Waals surface area contributed by atoms with Crippen LogP contribution in [-0.4, -0.2) is 25.2 Å². The molecule has 1 atom stereocenters. The first-order chi connectivity index (χ1) is 11.0. The number of aryl methyl sites for hydroxylation is 1. The Bertz CT molecular complexity index is 678. The lowest BCUT2D eigenvalue weighted by molar-refractivity contribution is -0.141. The van der Waals surface area contributed by atoms with E-state index >= 15 is 0 Å². The Hall–Kier alpha value is -2.21. The molecular weight excluding hydrogens is 314 g/mol. The summed E-state index contributed by atoms with van der Waals surface area (Å²) in [5.74, 6) is -0.121. The zero-order chi connectivity index (χ0) is 16.8. The van der Waals surface area contributed by atoms with Crippen LogP contribution in [0.25, 0.3) is 0 Å². The molecule has 0 radical (unpaired) electrons. The standard InChI is InChI=1S/C17H19NO4S/c1-11-14(8-9-22-11)17(20)18-15(10-16(19)21-2)12-4-6-13(23-3)7-5-12/h4-9,15H,10H2,1-3H3,(H,18,20)/t15-/m0/s1. The third-order valence-corrected chi connectivity index (χ3v) is 4.27. The average molecular weight is 333 g/mol. The van der Waals surface area contributed by atoms with Gasteiger partial charge in [0, 0.05) is 4.90 Å². The second-order valence-electron chi connectivity index (χ2n) is 4.97. The fourth-order valence-electron chi connectivity index (χ4n) is 2.19. The fraction of sp³-hybridized carbons (Fsp3) is 0.294. The predicted octanol–water partition coefficient (Wildman–Crippen LogP) is 3.34. The van der Waals surface area contributed by atoms with E-state index in [2.05, 4.69) is 5.32 Å². The highest BCUT2D eigenvalue weighted by Gasteiger charge is 2.21. The fourth-order valence-corrected chi connectivity index (χ4v) is 2.60. The quantitative estimate of drug-likeness (QED) is 0.648. The number of furan rings is 1. The summed E-state index contributed by atoms with van der Waals surface area (Å²) < 4.78 is 9.88. The average Bonchev–Trinajstić information content (AvgIpc) is 3.00. The zero-order valence-corrected chi connectivity index (χ0v) is 14.1. The van der Waals surface area contributed by atoms with Gasteiger partial charge in [0.25, 0.3) is 5.91 Å².